The van der Waals surface area contributed by atoms with E-state index >= 15 is 0 Å². The van der Waals surface area contributed by atoms with Crippen LogP contribution in [0.5, 0.6) is 0 Å². The number of hydrogen-bond acceptors (Lipinski definition) is 5. The van der Waals surface area contributed by atoms with Gasteiger partial charge in [-0.05, 0) is 25.2 Å². The third-order valence-corrected chi connectivity index (χ3v) is 7.50. The molecule has 0 spiro atoms. The average Bonchev–Trinajstić information content (AvgIpc) is 2.76. The minimum atomic E-state index is -3.56. The van der Waals surface area contributed by atoms with Gasteiger partial charge in [-0.2, -0.15) is 12.7 Å². The van der Waals surface area contributed by atoms with Gasteiger partial charge in [-0.25, -0.2) is 13.1 Å². The van der Waals surface area contributed by atoms with Crippen molar-refractivity contribution in [2.45, 2.75) is 31.7 Å². The van der Waals surface area contributed by atoms with E-state index in [0.717, 1.165) is 19.3 Å². The number of piperidine rings is 1. The number of hydrogen-bond donors (Lipinski definition) is 2. The van der Waals surface area contributed by atoms with Gasteiger partial charge in [0.25, 0.3) is 10.2 Å². The molecule has 0 bridgehead atoms. The van der Waals surface area contributed by atoms with E-state index in [1.807, 2.05) is 0 Å². The van der Waals surface area contributed by atoms with E-state index in [9.17, 15) is 16.8 Å². The van der Waals surface area contributed by atoms with Crippen LogP contribution in [0.15, 0.2) is 0 Å². The Hall–Kier alpha value is -0.220. The Morgan fingerprint density at radius 3 is 2.60 bits per heavy atom. The highest BCUT2D eigenvalue weighted by Gasteiger charge is 2.33. The first kappa shape index (κ1) is 16.2. The van der Waals surface area contributed by atoms with Crippen LogP contribution in [0.1, 0.15) is 25.7 Å². The lowest BCUT2D eigenvalue weighted by Crippen LogP contribution is -2.52. The topological polar surface area (TPSA) is 110 Å². The Kier molecular flexibility index (Phi) is 5.06. The second-order valence-electron chi connectivity index (χ2n) is 5.62. The van der Waals surface area contributed by atoms with Crippen molar-refractivity contribution in [1.82, 2.24) is 9.03 Å². The standard InChI is InChI=1S/C11H23N3O4S2/c12-7-11-3-1-2-5-14(11)20(17,18)13-8-10-4-6-19(15,16)9-10/h10-11,13H,1-9,12H2. The zero-order chi connectivity index (χ0) is 14.8. The highest BCUT2D eigenvalue weighted by molar-refractivity contribution is 7.91. The van der Waals surface area contributed by atoms with Gasteiger partial charge in [0.05, 0.1) is 11.5 Å². The number of rotatable bonds is 5. The molecule has 0 aromatic carbocycles. The molecule has 20 heavy (non-hydrogen) atoms. The molecule has 2 fully saturated rings. The number of nitrogens with two attached hydrogens (primary N) is 1. The van der Waals surface area contributed by atoms with Crippen molar-refractivity contribution >= 4 is 20.0 Å². The third kappa shape index (κ3) is 3.91. The van der Waals surface area contributed by atoms with Crippen molar-refractivity contribution in [2.24, 2.45) is 11.7 Å². The van der Waals surface area contributed by atoms with E-state index in [0.29, 0.717) is 19.5 Å². The molecule has 2 atom stereocenters. The van der Waals surface area contributed by atoms with Crippen LogP contribution in [0, 0.1) is 5.92 Å². The summed E-state index contributed by atoms with van der Waals surface area (Å²) in [6.07, 6.45) is 3.16. The molecule has 2 aliphatic rings. The Morgan fingerprint density at radius 1 is 1.25 bits per heavy atom. The van der Waals surface area contributed by atoms with Crippen molar-refractivity contribution in [1.29, 1.82) is 0 Å². The van der Waals surface area contributed by atoms with Gasteiger partial charge in [0.2, 0.25) is 0 Å². The SMILES string of the molecule is NCC1CCCCN1S(=O)(=O)NCC1CCS(=O)(=O)C1. The molecule has 2 unspecified atom stereocenters. The molecule has 2 aliphatic heterocycles. The van der Waals surface area contributed by atoms with Crippen LogP contribution in [0.4, 0.5) is 0 Å². The van der Waals surface area contributed by atoms with Crippen molar-refractivity contribution < 1.29 is 16.8 Å². The second-order valence-corrected chi connectivity index (χ2v) is 9.56. The van der Waals surface area contributed by atoms with Gasteiger partial charge in [-0.15, -0.1) is 0 Å². The summed E-state index contributed by atoms with van der Waals surface area (Å²) in [5, 5.41) is 0. The summed E-state index contributed by atoms with van der Waals surface area (Å²) in [6.45, 7) is 0.994. The van der Waals surface area contributed by atoms with Gasteiger partial charge in [0, 0.05) is 25.7 Å². The predicted molar refractivity (Wildman–Crippen MR) is 77.1 cm³/mol. The van der Waals surface area contributed by atoms with Crippen molar-refractivity contribution in [3.63, 3.8) is 0 Å². The smallest absolute Gasteiger partial charge is 0.279 e. The summed E-state index contributed by atoms with van der Waals surface area (Å²) in [4.78, 5) is 0. The van der Waals surface area contributed by atoms with E-state index in [1.54, 1.807) is 0 Å². The molecule has 0 aromatic rings. The second kappa shape index (κ2) is 6.27. The van der Waals surface area contributed by atoms with E-state index in [1.165, 1.54) is 4.31 Å². The fraction of sp³-hybridized carbons (Fsp3) is 1.00. The Bertz CT molecular complexity index is 532. The van der Waals surface area contributed by atoms with Crippen LogP contribution in [-0.2, 0) is 20.0 Å². The first-order chi connectivity index (χ1) is 9.34. The molecule has 9 heteroatoms. The molecule has 3 N–H and O–H groups in total. The van der Waals surface area contributed by atoms with Crippen LogP contribution >= 0.6 is 0 Å². The zero-order valence-electron chi connectivity index (χ0n) is 11.5. The molecule has 118 valence electrons. The van der Waals surface area contributed by atoms with Crippen LogP contribution < -0.4 is 10.5 Å². The Labute approximate surface area is 121 Å². The monoisotopic (exact) mass is 325 g/mol. The Morgan fingerprint density at radius 2 is 2.00 bits per heavy atom. The van der Waals surface area contributed by atoms with Crippen LogP contribution in [0.2, 0.25) is 0 Å². The first-order valence-electron chi connectivity index (χ1n) is 7.01. The zero-order valence-corrected chi connectivity index (χ0v) is 13.1. The predicted octanol–water partition coefficient (Wildman–Crippen LogP) is -0.931. The van der Waals surface area contributed by atoms with E-state index in [4.69, 9.17) is 5.73 Å². The maximum absolute atomic E-state index is 12.3. The first-order valence-corrected chi connectivity index (χ1v) is 10.3. The summed E-state index contributed by atoms with van der Waals surface area (Å²) in [7, 11) is -6.53. The van der Waals surface area contributed by atoms with Crippen molar-refractivity contribution in [2.75, 3.05) is 31.1 Å². The Balaban J connectivity index is 1.93. The lowest BCUT2D eigenvalue weighted by molar-refractivity contribution is 0.254. The normalized spacial score (nSPS) is 31.4. The summed E-state index contributed by atoms with van der Waals surface area (Å²) in [5.74, 6) is 0.126. The van der Waals surface area contributed by atoms with Gasteiger partial charge >= 0.3 is 0 Å². The molecule has 0 aliphatic carbocycles. The molecule has 2 saturated heterocycles. The minimum absolute atomic E-state index is 0.0792. The molecule has 0 radical (unpaired) electrons. The summed E-state index contributed by atoms with van der Waals surface area (Å²) < 4.78 is 51.3. The maximum atomic E-state index is 12.3. The molecule has 2 rings (SSSR count). The number of nitrogens with zero attached hydrogens (tertiary/aromatic N) is 1. The van der Waals surface area contributed by atoms with E-state index < -0.39 is 20.0 Å². The fourth-order valence-electron chi connectivity index (χ4n) is 2.87. The molecule has 7 nitrogen and oxygen atoms in total. The van der Waals surface area contributed by atoms with E-state index in [2.05, 4.69) is 4.72 Å². The van der Waals surface area contributed by atoms with Gasteiger partial charge in [-0.1, -0.05) is 6.42 Å². The van der Waals surface area contributed by atoms with Crippen molar-refractivity contribution in [3.05, 3.63) is 0 Å². The third-order valence-electron chi connectivity index (χ3n) is 4.04. The maximum Gasteiger partial charge on any atom is 0.279 e. The highest BCUT2D eigenvalue weighted by atomic mass is 32.2. The number of sulfone groups is 1. The lowest BCUT2D eigenvalue weighted by atomic mass is 10.1. The molecule has 0 aromatic heterocycles. The summed E-state index contributed by atoms with van der Waals surface area (Å²) >= 11 is 0. The molecule has 2 heterocycles. The molecular formula is C11H23N3O4S2. The molecule has 0 amide bonds. The fourth-order valence-corrected chi connectivity index (χ4v) is 6.29. The molecular weight excluding hydrogens is 302 g/mol. The van der Waals surface area contributed by atoms with Gasteiger partial charge < -0.3 is 5.73 Å². The molecule has 0 saturated carbocycles. The average molecular weight is 325 g/mol. The van der Waals surface area contributed by atoms with E-state index in [-0.39, 0.29) is 30.0 Å². The number of nitrogens with one attached hydrogen (secondary N) is 1. The lowest BCUT2D eigenvalue weighted by Gasteiger charge is -2.34. The van der Waals surface area contributed by atoms with Crippen LogP contribution in [-0.4, -0.2) is 58.3 Å². The van der Waals surface area contributed by atoms with Crippen LogP contribution in [0.25, 0.3) is 0 Å². The largest absolute Gasteiger partial charge is 0.329 e. The summed E-state index contributed by atoms with van der Waals surface area (Å²) in [6, 6.07) is -0.145. The highest BCUT2D eigenvalue weighted by Crippen LogP contribution is 2.21. The van der Waals surface area contributed by atoms with Gasteiger partial charge in [0.1, 0.15) is 0 Å². The van der Waals surface area contributed by atoms with Crippen molar-refractivity contribution in [3.8, 4) is 0 Å². The van der Waals surface area contributed by atoms with Crippen LogP contribution in [0.3, 0.4) is 0 Å². The minimum Gasteiger partial charge on any atom is -0.329 e. The summed E-state index contributed by atoms with van der Waals surface area (Å²) in [5.41, 5.74) is 5.63. The quantitative estimate of drug-likeness (QED) is 0.678. The van der Waals surface area contributed by atoms with Gasteiger partial charge in [0.15, 0.2) is 9.84 Å². The van der Waals surface area contributed by atoms with Gasteiger partial charge in [-0.3, -0.25) is 0 Å².